The lowest BCUT2D eigenvalue weighted by molar-refractivity contribution is 0.0253. The molecule has 1 aliphatic carbocycles. The average Bonchev–Trinajstić information content (AvgIpc) is 3.13. The van der Waals surface area contributed by atoms with Gasteiger partial charge in [0.2, 0.25) is 0 Å². The Morgan fingerprint density at radius 2 is 1.68 bits per heavy atom. The highest BCUT2D eigenvalue weighted by molar-refractivity contribution is 5.26. The predicted molar refractivity (Wildman–Crippen MR) is 100 cm³/mol. The van der Waals surface area contributed by atoms with Crippen LogP contribution in [-0.4, -0.2) is 24.0 Å². The smallest absolute Gasteiger partial charge is 0.0232 e. The molecule has 1 rings (SSSR count). The molecule has 0 fully saturated rings. The lowest BCUT2D eigenvalue weighted by Gasteiger charge is -2.48. The Bertz CT molecular complexity index is 355. The third-order valence-electron chi connectivity index (χ3n) is 5.91. The summed E-state index contributed by atoms with van der Waals surface area (Å²) in [4.78, 5) is 2.73. The average molecular weight is 308 g/mol. The van der Waals surface area contributed by atoms with Crippen LogP contribution < -0.4 is 0 Å². The summed E-state index contributed by atoms with van der Waals surface area (Å²) in [6.45, 7) is 17.8. The van der Waals surface area contributed by atoms with Crippen LogP contribution in [-0.2, 0) is 0 Å². The zero-order valence-electron chi connectivity index (χ0n) is 16.6. The standard InChI is InChI=1S/C21H41N/c1-9-19(7)21(12-10-16(2)3,22(8)15-17(4)5)13-11-20-14-18(20)6/h14,16-17,19-20H,9-13,15H2,1-8H3. The fourth-order valence-corrected chi connectivity index (χ4v) is 4.01. The van der Waals surface area contributed by atoms with Gasteiger partial charge in [-0.1, -0.05) is 59.6 Å². The van der Waals surface area contributed by atoms with Crippen LogP contribution in [0.25, 0.3) is 0 Å². The first-order chi connectivity index (χ1) is 10.2. The predicted octanol–water partition coefficient (Wildman–Crippen LogP) is 6.15. The lowest BCUT2D eigenvalue weighted by Crippen LogP contribution is -2.52. The monoisotopic (exact) mass is 307 g/mol. The van der Waals surface area contributed by atoms with E-state index < -0.39 is 0 Å². The second kappa shape index (κ2) is 8.52. The van der Waals surface area contributed by atoms with Crippen molar-refractivity contribution < 1.29 is 0 Å². The van der Waals surface area contributed by atoms with Crippen LogP contribution in [0.1, 0.15) is 80.6 Å². The first-order valence-corrected chi connectivity index (χ1v) is 9.62. The van der Waals surface area contributed by atoms with E-state index in [4.69, 9.17) is 0 Å². The Kier molecular flexibility index (Phi) is 7.65. The maximum Gasteiger partial charge on any atom is 0.0232 e. The zero-order chi connectivity index (χ0) is 16.9. The highest BCUT2D eigenvalue weighted by Crippen LogP contribution is 2.42. The van der Waals surface area contributed by atoms with Crippen LogP contribution in [0.2, 0.25) is 0 Å². The molecular formula is C21H41N. The van der Waals surface area contributed by atoms with Crippen LogP contribution >= 0.6 is 0 Å². The summed E-state index contributed by atoms with van der Waals surface area (Å²) in [6.07, 6.45) is 9.16. The molecule has 0 aromatic rings. The normalized spacial score (nSPS) is 22.1. The Hall–Kier alpha value is -0.300. The zero-order valence-corrected chi connectivity index (χ0v) is 16.6. The van der Waals surface area contributed by atoms with E-state index in [1.54, 1.807) is 5.57 Å². The van der Waals surface area contributed by atoms with E-state index in [9.17, 15) is 0 Å². The summed E-state index contributed by atoms with van der Waals surface area (Å²) >= 11 is 0. The number of allylic oxidation sites excluding steroid dienone is 2. The summed E-state index contributed by atoms with van der Waals surface area (Å²) in [6, 6.07) is 0. The number of nitrogens with zero attached hydrogens (tertiary/aromatic N) is 1. The van der Waals surface area contributed by atoms with Crippen molar-refractivity contribution in [2.75, 3.05) is 13.6 Å². The third-order valence-corrected chi connectivity index (χ3v) is 5.91. The van der Waals surface area contributed by atoms with Crippen molar-refractivity contribution in [1.29, 1.82) is 0 Å². The number of hydrogen-bond donors (Lipinski definition) is 0. The highest BCUT2D eigenvalue weighted by atomic mass is 15.2. The Labute approximate surface area is 140 Å². The molecule has 0 aromatic carbocycles. The largest absolute Gasteiger partial charge is 0.300 e. The topological polar surface area (TPSA) is 3.24 Å². The van der Waals surface area contributed by atoms with Gasteiger partial charge in [-0.05, 0) is 63.3 Å². The summed E-state index contributed by atoms with van der Waals surface area (Å²) < 4.78 is 0. The summed E-state index contributed by atoms with van der Waals surface area (Å²) in [5, 5.41) is 0. The van der Waals surface area contributed by atoms with Crippen molar-refractivity contribution in [2.45, 2.75) is 86.1 Å². The lowest BCUT2D eigenvalue weighted by atomic mass is 9.73. The molecule has 130 valence electrons. The van der Waals surface area contributed by atoms with Gasteiger partial charge in [0.1, 0.15) is 0 Å². The number of rotatable bonds is 11. The van der Waals surface area contributed by atoms with Gasteiger partial charge >= 0.3 is 0 Å². The summed E-state index contributed by atoms with van der Waals surface area (Å²) in [5.41, 5.74) is 2.01. The first-order valence-electron chi connectivity index (χ1n) is 9.62. The van der Waals surface area contributed by atoms with Crippen LogP contribution in [0, 0.1) is 23.7 Å². The second-order valence-corrected chi connectivity index (χ2v) is 8.68. The van der Waals surface area contributed by atoms with E-state index in [2.05, 4.69) is 66.5 Å². The van der Waals surface area contributed by atoms with Crippen molar-refractivity contribution >= 4 is 0 Å². The van der Waals surface area contributed by atoms with Crippen molar-refractivity contribution in [3.8, 4) is 0 Å². The SMILES string of the molecule is CCC(C)C(CCC(C)C)(CCC1C=C1C)N(C)CC(C)C. The second-order valence-electron chi connectivity index (χ2n) is 8.68. The molecule has 0 radical (unpaired) electrons. The van der Waals surface area contributed by atoms with Gasteiger partial charge < -0.3 is 4.90 Å². The molecule has 0 amide bonds. The van der Waals surface area contributed by atoms with Crippen molar-refractivity contribution in [3.63, 3.8) is 0 Å². The minimum atomic E-state index is 0.389. The summed E-state index contributed by atoms with van der Waals surface area (Å²) in [7, 11) is 2.39. The van der Waals surface area contributed by atoms with E-state index in [-0.39, 0.29) is 0 Å². The molecule has 0 bridgehead atoms. The van der Waals surface area contributed by atoms with Crippen LogP contribution in [0.4, 0.5) is 0 Å². The van der Waals surface area contributed by atoms with Gasteiger partial charge in [0, 0.05) is 12.1 Å². The van der Waals surface area contributed by atoms with Gasteiger partial charge in [-0.25, -0.2) is 0 Å². The van der Waals surface area contributed by atoms with Gasteiger partial charge in [0.25, 0.3) is 0 Å². The van der Waals surface area contributed by atoms with Gasteiger partial charge in [0.05, 0.1) is 0 Å². The highest BCUT2D eigenvalue weighted by Gasteiger charge is 2.39. The van der Waals surface area contributed by atoms with Gasteiger partial charge in [-0.2, -0.15) is 0 Å². The van der Waals surface area contributed by atoms with Crippen LogP contribution in [0.3, 0.4) is 0 Å². The summed E-state index contributed by atoms with van der Waals surface area (Å²) in [5.74, 6) is 3.13. The van der Waals surface area contributed by atoms with E-state index in [1.165, 1.54) is 38.6 Å². The van der Waals surface area contributed by atoms with Crippen LogP contribution in [0.15, 0.2) is 11.6 Å². The van der Waals surface area contributed by atoms with E-state index in [0.717, 1.165) is 23.7 Å². The molecule has 0 aliphatic heterocycles. The van der Waals surface area contributed by atoms with Crippen molar-refractivity contribution in [1.82, 2.24) is 4.90 Å². The van der Waals surface area contributed by atoms with E-state index >= 15 is 0 Å². The Morgan fingerprint density at radius 3 is 2.09 bits per heavy atom. The molecule has 0 aromatic heterocycles. The van der Waals surface area contributed by atoms with E-state index in [1.807, 2.05) is 0 Å². The molecular weight excluding hydrogens is 266 g/mol. The fraction of sp³-hybridized carbons (Fsp3) is 0.905. The molecule has 1 nitrogen and oxygen atoms in total. The minimum absolute atomic E-state index is 0.389. The van der Waals surface area contributed by atoms with E-state index in [0.29, 0.717) is 5.54 Å². The van der Waals surface area contributed by atoms with Crippen molar-refractivity contribution in [2.24, 2.45) is 23.7 Å². The quantitative estimate of drug-likeness (QED) is 0.414. The molecule has 0 saturated carbocycles. The fourth-order valence-electron chi connectivity index (χ4n) is 4.01. The Morgan fingerprint density at radius 1 is 1.09 bits per heavy atom. The minimum Gasteiger partial charge on any atom is -0.300 e. The van der Waals surface area contributed by atoms with Gasteiger partial charge in [-0.15, -0.1) is 0 Å². The third kappa shape index (κ3) is 5.41. The molecule has 3 atom stereocenters. The first kappa shape index (κ1) is 19.7. The van der Waals surface area contributed by atoms with Gasteiger partial charge in [0.15, 0.2) is 0 Å². The molecule has 0 N–H and O–H groups in total. The number of hydrogen-bond acceptors (Lipinski definition) is 1. The maximum atomic E-state index is 2.73. The molecule has 0 saturated heterocycles. The van der Waals surface area contributed by atoms with Crippen LogP contribution in [0.5, 0.6) is 0 Å². The molecule has 3 unspecified atom stereocenters. The molecule has 1 aliphatic rings. The molecule has 0 heterocycles. The Balaban J connectivity index is 2.87. The molecule has 1 heteroatoms. The molecule has 22 heavy (non-hydrogen) atoms. The van der Waals surface area contributed by atoms with Gasteiger partial charge in [-0.3, -0.25) is 0 Å². The van der Waals surface area contributed by atoms with Crippen molar-refractivity contribution in [3.05, 3.63) is 11.6 Å². The maximum absolute atomic E-state index is 2.73. The molecule has 0 spiro atoms.